The molecule has 0 atom stereocenters. The maximum Gasteiger partial charge on any atom is 0.352 e. The van der Waals surface area contributed by atoms with Crippen LogP contribution in [0.15, 0.2) is 29.4 Å². The number of anilines is 1. The summed E-state index contributed by atoms with van der Waals surface area (Å²) in [5.74, 6) is -1.00. The average Bonchev–Trinajstić information content (AvgIpc) is 2.95. The van der Waals surface area contributed by atoms with Crippen molar-refractivity contribution in [3.63, 3.8) is 0 Å². The summed E-state index contributed by atoms with van der Waals surface area (Å²) in [6.45, 7) is 2.09. The first-order chi connectivity index (χ1) is 9.33. The highest BCUT2D eigenvalue weighted by atomic mass is 32.2. The molecule has 2 aromatic heterocycles. The summed E-state index contributed by atoms with van der Waals surface area (Å²) in [6.07, 6.45) is 2.88. The summed E-state index contributed by atoms with van der Waals surface area (Å²) in [5, 5.41) is 12.9. The first kappa shape index (κ1) is 14.1. The second-order valence-corrected chi connectivity index (χ2v) is 5.81. The van der Waals surface area contributed by atoms with Gasteiger partial charge in [-0.05, 0) is 13.0 Å². The summed E-state index contributed by atoms with van der Waals surface area (Å²) in [7, 11) is -2.19. The number of sulfonamides is 1. The van der Waals surface area contributed by atoms with Crippen LogP contribution in [0.1, 0.15) is 17.4 Å². The van der Waals surface area contributed by atoms with E-state index in [0.29, 0.717) is 6.54 Å². The number of aryl methyl sites for hydroxylation is 2. The number of nitrogens with zero attached hydrogens (tertiary/aromatic N) is 3. The molecule has 2 aromatic rings. The van der Waals surface area contributed by atoms with Crippen molar-refractivity contribution in [3.8, 4) is 0 Å². The van der Waals surface area contributed by atoms with Crippen molar-refractivity contribution in [3.05, 3.63) is 30.2 Å². The zero-order chi connectivity index (χ0) is 14.9. The SMILES string of the molecule is CCn1cc(S(=O)(=O)Nc2ccn(C)n2)cc1C(=O)O. The van der Waals surface area contributed by atoms with Crippen LogP contribution in [0.4, 0.5) is 5.82 Å². The highest BCUT2D eigenvalue weighted by molar-refractivity contribution is 7.92. The van der Waals surface area contributed by atoms with Crippen LogP contribution >= 0.6 is 0 Å². The van der Waals surface area contributed by atoms with Gasteiger partial charge in [-0.25, -0.2) is 13.2 Å². The van der Waals surface area contributed by atoms with Crippen LogP contribution in [0.3, 0.4) is 0 Å². The standard InChI is InChI=1S/C11H14N4O4S/c1-3-15-7-8(6-9(15)11(16)17)20(18,19)13-10-4-5-14(2)12-10/h4-7H,3H2,1-2H3,(H,12,13)(H,16,17). The van der Waals surface area contributed by atoms with Crippen LogP contribution in [0.2, 0.25) is 0 Å². The average molecular weight is 298 g/mol. The predicted octanol–water partition coefficient (Wildman–Crippen LogP) is 0.740. The summed E-state index contributed by atoms with van der Waals surface area (Å²) >= 11 is 0. The van der Waals surface area contributed by atoms with E-state index in [4.69, 9.17) is 5.11 Å². The molecule has 2 rings (SSSR count). The van der Waals surface area contributed by atoms with Gasteiger partial charge in [0.05, 0.1) is 0 Å². The molecule has 0 aliphatic carbocycles. The molecule has 0 aromatic carbocycles. The second kappa shape index (κ2) is 5.00. The highest BCUT2D eigenvalue weighted by Crippen LogP contribution is 2.18. The van der Waals surface area contributed by atoms with Gasteiger partial charge in [-0.3, -0.25) is 9.40 Å². The quantitative estimate of drug-likeness (QED) is 0.846. The fraction of sp³-hybridized carbons (Fsp3) is 0.273. The minimum Gasteiger partial charge on any atom is -0.477 e. The largest absolute Gasteiger partial charge is 0.477 e. The molecule has 8 nitrogen and oxygen atoms in total. The molecule has 0 spiro atoms. The Morgan fingerprint density at radius 2 is 2.20 bits per heavy atom. The van der Waals surface area contributed by atoms with E-state index in [0.717, 1.165) is 6.07 Å². The summed E-state index contributed by atoms with van der Waals surface area (Å²) < 4.78 is 29.4. The van der Waals surface area contributed by atoms with Gasteiger partial charge in [-0.1, -0.05) is 0 Å². The van der Waals surface area contributed by atoms with Gasteiger partial charge in [-0.15, -0.1) is 0 Å². The predicted molar refractivity (Wildman–Crippen MR) is 71.1 cm³/mol. The van der Waals surface area contributed by atoms with Gasteiger partial charge < -0.3 is 9.67 Å². The lowest BCUT2D eigenvalue weighted by Crippen LogP contribution is -2.13. The summed E-state index contributed by atoms with van der Waals surface area (Å²) in [6, 6.07) is 2.63. The Morgan fingerprint density at radius 1 is 1.50 bits per heavy atom. The zero-order valence-corrected chi connectivity index (χ0v) is 11.8. The number of hydrogen-bond donors (Lipinski definition) is 2. The van der Waals surface area contributed by atoms with Crippen molar-refractivity contribution in [1.82, 2.24) is 14.3 Å². The monoisotopic (exact) mass is 298 g/mol. The molecular formula is C11H14N4O4S. The van der Waals surface area contributed by atoms with Crippen molar-refractivity contribution < 1.29 is 18.3 Å². The van der Waals surface area contributed by atoms with Gasteiger partial charge in [0, 0.05) is 32.1 Å². The molecule has 2 N–H and O–H groups in total. The van der Waals surface area contributed by atoms with Gasteiger partial charge in [-0.2, -0.15) is 5.10 Å². The van der Waals surface area contributed by atoms with Gasteiger partial charge >= 0.3 is 5.97 Å². The molecule has 0 saturated heterocycles. The molecule has 0 radical (unpaired) electrons. The Labute approximate surface area is 115 Å². The molecule has 108 valence electrons. The lowest BCUT2D eigenvalue weighted by Gasteiger charge is -2.02. The zero-order valence-electron chi connectivity index (χ0n) is 10.9. The molecule has 2 heterocycles. The third-order valence-electron chi connectivity index (χ3n) is 2.69. The van der Waals surface area contributed by atoms with Crippen molar-refractivity contribution >= 4 is 21.8 Å². The molecule has 0 amide bonds. The van der Waals surface area contributed by atoms with E-state index in [1.54, 1.807) is 20.2 Å². The van der Waals surface area contributed by atoms with Crippen molar-refractivity contribution in [2.45, 2.75) is 18.4 Å². The normalized spacial score (nSPS) is 11.5. The molecule has 20 heavy (non-hydrogen) atoms. The number of carboxylic acids is 1. The maximum absolute atomic E-state index is 12.1. The highest BCUT2D eigenvalue weighted by Gasteiger charge is 2.21. The number of carbonyl (C=O) groups is 1. The Kier molecular flexibility index (Phi) is 3.53. The number of carboxylic acid groups (broad SMARTS) is 1. The Bertz CT molecular complexity index is 744. The van der Waals surface area contributed by atoms with E-state index in [-0.39, 0.29) is 16.4 Å². The van der Waals surface area contributed by atoms with Crippen LogP contribution < -0.4 is 4.72 Å². The van der Waals surface area contributed by atoms with E-state index < -0.39 is 16.0 Å². The van der Waals surface area contributed by atoms with E-state index >= 15 is 0 Å². The molecule has 0 aliphatic rings. The molecule has 0 bridgehead atoms. The van der Waals surface area contributed by atoms with E-state index in [1.165, 1.54) is 21.5 Å². The third kappa shape index (κ3) is 2.67. The summed E-state index contributed by atoms with van der Waals surface area (Å²) in [5.41, 5.74) is -0.0751. The third-order valence-corrected chi connectivity index (χ3v) is 4.02. The molecule has 0 saturated carbocycles. The summed E-state index contributed by atoms with van der Waals surface area (Å²) in [4.78, 5) is 10.9. The maximum atomic E-state index is 12.1. The van der Waals surface area contributed by atoms with Crippen LogP contribution in [0, 0.1) is 0 Å². The van der Waals surface area contributed by atoms with Crippen molar-refractivity contribution in [2.75, 3.05) is 4.72 Å². The van der Waals surface area contributed by atoms with Crippen molar-refractivity contribution in [1.29, 1.82) is 0 Å². The first-order valence-electron chi connectivity index (χ1n) is 5.79. The van der Waals surface area contributed by atoms with Crippen molar-refractivity contribution in [2.24, 2.45) is 7.05 Å². The molecule has 0 fully saturated rings. The number of nitrogens with one attached hydrogen (secondary N) is 1. The van der Waals surface area contributed by atoms with Gasteiger partial charge in [0.2, 0.25) is 0 Å². The Morgan fingerprint density at radius 3 is 2.65 bits per heavy atom. The number of aromatic carboxylic acids is 1. The second-order valence-electron chi connectivity index (χ2n) is 4.13. The molecule has 9 heteroatoms. The van der Waals surface area contributed by atoms with E-state index in [2.05, 4.69) is 9.82 Å². The topological polar surface area (TPSA) is 106 Å². The number of rotatable bonds is 5. The smallest absolute Gasteiger partial charge is 0.352 e. The van der Waals surface area contributed by atoms with Crippen LogP contribution in [-0.2, 0) is 23.6 Å². The number of hydrogen-bond acceptors (Lipinski definition) is 4. The van der Waals surface area contributed by atoms with Gasteiger partial charge in [0.25, 0.3) is 10.0 Å². The minimum atomic E-state index is -3.86. The van der Waals surface area contributed by atoms with Gasteiger partial charge in [0.1, 0.15) is 10.6 Å². The molecule has 0 unspecified atom stereocenters. The van der Waals surface area contributed by atoms with E-state index in [1.807, 2.05) is 0 Å². The van der Waals surface area contributed by atoms with Gasteiger partial charge in [0.15, 0.2) is 5.82 Å². The molecule has 0 aliphatic heterocycles. The van der Waals surface area contributed by atoms with Crippen LogP contribution in [-0.4, -0.2) is 33.8 Å². The Balaban J connectivity index is 2.37. The fourth-order valence-electron chi connectivity index (χ4n) is 1.74. The first-order valence-corrected chi connectivity index (χ1v) is 7.27. The minimum absolute atomic E-state index is 0.0751. The van der Waals surface area contributed by atoms with E-state index in [9.17, 15) is 13.2 Å². The fourth-order valence-corrected chi connectivity index (χ4v) is 2.77. The lowest BCUT2D eigenvalue weighted by atomic mass is 10.4. The van der Waals surface area contributed by atoms with Crippen LogP contribution in [0.5, 0.6) is 0 Å². The number of aromatic nitrogens is 3. The molecular weight excluding hydrogens is 284 g/mol. The lowest BCUT2D eigenvalue weighted by molar-refractivity contribution is 0.0685. The van der Waals surface area contributed by atoms with Crippen LogP contribution in [0.25, 0.3) is 0 Å². The Hall–Kier alpha value is -2.29.